The fraction of sp³-hybridized carbons (Fsp3) is 0.824. The van der Waals surface area contributed by atoms with Gasteiger partial charge in [0.15, 0.2) is 5.78 Å². The fourth-order valence-corrected chi connectivity index (χ4v) is 2.92. The average Bonchev–Trinajstić information content (AvgIpc) is 2.47. The van der Waals surface area contributed by atoms with Gasteiger partial charge in [-0.3, -0.25) is 4.79 Å². The maximum Gasteiger partial charge on any atom is 0.155 e. The van der Waals surface area contributed by atoms with Crippen molar-refractivity contribution in [3.63, 3.8) is 0 Å². The van der Waals surface area contributed by atoms with Gasteiger partial charge in [0.2, 0.25) is 0 Å². The Kier molecular flexibility index (Phi) is 12.2. The van der Waals surface area contributed by atoms with Crippen LogP contribution in [0.3, 0.4) is 0 Å². The van der Waals surface area contributed by atoms with E-state index in [0.29, 0.717) is 0 Å². The third-order valence-electron chi connectivity index (χ3n) is 4.16. The molecule has 24 heavy (non-hydrogen) atoms. The van der Waals surface area contributed by atoms with E-state index in [0.717, 1.165) is 51.4 Å². The number of ketones is 1. The van der Waals surface area contributed by atoms with Crippen LogP contribution < -0.4 is 0 Å². The summed E-state index contributed by atoms with van der Waals surface area (Å²) in [6, 6.07) is -0.0502. The third-order valence-corrected chi connectivity index (χ3v) is 4.16. The summed E-state index contributed by atoms with van der Waals surface area (Å²) in [7, 11) is 0. The van der Waals surface area contributed by atoms with Crippen LogP contribution in [0.1, 0.15) is 65.2 Å². The second-order valence-corrected chi connectivity index (χ2v) is 6.47. The Labute approximate surface area is 155 Å². The van der Waals surface area contributed by atoms with E-state index >= 15 is 0 Å². The van der Waals surface area contributed by atoms with E-state index in [9.17, 15) is 15.0 Å². The van der Waals surface area contributed by atoms with Crippen molar-refractivity contribution in [2.75, 3.05) is 0 Å². The second kappa shape index (κ2) is 12.6. The first-order valence-electron chi connectivity index (χ1n) is 8.54. The molecule has 7 heteroatoms. The Bertz CT molecular complexity index is 401. The van der Waals surface area contributed by atoms with Crippen molar-refractivity contribution in [3.8, 4) is 0 Å². The topological polar surface area (TPSA) is 102 Å². The number of carbonyl (C=O) groups excluding carboxylic acids is 1. The van der Waals surface area contributed by atoms with Gasteiger partial charge in [-0.1, -0.05) is 25.7 Å². The second-order valence-electron chi connectivity index (χ2n) is 6.47. The average molecular weight is 378 g/mol. The minimum Gasteiger partial charge on any atom is -0.512 e. The van der Waals surface area contributed by atoms with Gasteiger partial charge in [-0.25, -0.2) is 0 Å². The zero-order chi connectivity index (χ0) is 17.2. The largest absolute Gasteiger partial charge is 0.512 e. The maximum absolute atomic E-state index is 10.0. The van der Waals surface area contributed by atoms with Crippen molar-refractivity contribution in [1.29, 1.82) is 0 Å². The Morgan fingerprint density at radius 3 is 1.50 bits per heavy atom. The number of carbonyl (C=O) groups is 1. The number of nitrogens with zero attached hydrogens (tertiary/aromatic N) is 2. The van der Waals surface area contributed by atoms with Crippen LogP contribution >= 0.6 is 0 Å². The zero-order valence-electron chi connectivity index (χ0n) is 14.6. The van der Waals surface area contributed by atoms with Crippen molar-refractivity contribution in [1.82, 2.24) is 0 Å². The van der Waals surface area contributed by atoms with Crippen LogP contribution in [-0.4, -0.2) is 45.4 Å². The molecule has 0 amide bonds. The normalized spacial score (nSPS) is 30.9. The van der Waals surface area contributed by atoms with Gasteiger partial charge in [-0.15, -0.1) is 0 Å². The first-order valence-corrected chi connectivity index (χ1v) is 8.54. The van der Waals surface area contributed by atoms with Crippen LogP contribution in [0.5, 0.6) is 0 Å². The molecule has 2 saturated carbocycles. The van der Waals surface area contributed by atoms with Crippen molar-refractivity contribution in [2.45, 2.75) is 89.5 Å². The molecule has 3 N–H and O–H groups in total. The van der Waals surface area contributed by atoms with Crippen LogP contribution in [0.4, 0.5) is 0 Å². The van der Waals surface area contributed by atoms with E-state index in [1.807, 2.05) is 0 Å². The Balaban J connectivity index is 0.000000570. The summed E-state index contributed by atoms with van der Waals surface area (Å²) >= 11 is 0. The van der Waals surface area contributed by atoms with Crippen molar-refractivity contribution in [3.05, 3.63) is 11.8 Å². The molecule has 4 atom stereocenters. The molecule has 0 aromatic heterocycles. The quantitative estimate of drug-likeness (QED) is 0.399. The summed E-state index contributed by atoms with van der Waals surface area (Å²) in [5.41, 5.74) is 0. The fourth-order valence-electron chi connectivity index (χ4n) is 2.92. The van der Waals surface area contributed by atoms with Crippen LogP contribution in [0.15, 0.2) is 22.1 Å². The summed E-state index contributed by atoms with van der Waals surface area (Å²) in [4.78, 5) is 10.0. The van der Waals surface area contributed by atoms with Crippen molar-refractivity contribution < 1.29 is 37.5 Å². The molecule has 2 aliphatic rings. The van der Waals surface area contributed by atoms with Crippen LogP contribution in [0, 0.1) is 0 Å². The molecule has 0 aromatic rings. The van der Waals surface area contributed by atoms with Gasteiger partial charge in [0, 0.05) is 23.4 Å². The van der Waals surface area contributed by atoms with E-state index in [-0.39, 0.29) is 53.2 Å². The molecule has 2 aliphatic carbocycles. The zero-order valence-corrected chi connectivity index (χ0v) is 15.9. The molecule has 138 valence electrons. The first kappa shape index (κ1) is 23.3. The van der Waals surface area contributed by atoms with Crippen molar-refractivity contribution in [2.24, 2.45) is 10.2 Å². The molecule has 4 unspecified atom stereocenters. The van der Waals surface area contributed by atoms with E-state index in [2.05, 4.69) is 10.2 Å². The van der Waals surface area contributed by atoms with Crippen molar-refractivity contribution >= 4 is 5.78 Å². The van der Waals surface area contributed by atoms with Gasteiger partial charge in [0.25, 0.3) is 0 Å². The van der Waals surface area contributed by atoms with E-state index in [1.54, 1.807) is 0 Å². The molecular weight excluding hydrogens is 348 g/mol. The molecule has 0 heterocycles. The van der Waals surface area contributed by atoms with Gasteiger partial charge >= 0.3 is 0 Å². The smallest absolute Gasteiger partial charge is 0.155 e. The van der Waals surface area contributed by atoms with Gasteiger partial charge in [0.05, 0.1) is 30.1 Å². The van der Waals surface area contributed by atoms with Gasteiger partial charge in [-0.05, 0) is 39.5 Å². The summed E-state index contributed by atoms with van der Waals surface area (Å²) in [5.74, 6) is -0.0625. The molecule has 0 aromatic carbocycles. The first-order chi connectivity index (χ1) is 10.9. The molecule has 2 fully saturated rings. The molecule has 2 rings (SSSR count). The van der Waals surface area contributed by atoms with Crippen LogP contribution in [0.25, 0.3) is 0 Å². The number of allylic oxidation sites excluding steroid dienone is 2. The predicted molar refractivity (Wildman–Crippen MR) is 88.4 cm³/mol. The Hall–Kier alpha value is -0.738. The minimum atomic E-state index is -0.321. The van der Waals surface area contributed by atoms with Crippen LogP contribution in [0.2, 0.25) is 0 Å². The molecule has 0 aliphatic heterocycles. The van der Waals surface area contributed by atoms with Gasteiger partial charge < -0.3 is 15.3 Å². The van der Waals surface area contributed by atoms with Gasteiger partial charge in [-0.2, -0.15) is 10.2 Å². The SMILES string of the molecule is CC(=O)/C=C(/C)O.OC1CCCCC1N=NC1CCCCC1O.[Cr]. The van der Waals surface area contributed by atoms with Gasteiger partial charge in [0.1, 0.15) is 0 Å². The summed E-state index contributed by atoms with van der Waals surface area (Å²) < 4.78 is 0. The van der Waals surface area contributed by atoms with Crippen LogP contribution in [-0.2, 0) is 22.2 Å². The maximum atomic E-state index is 10.0. The Morgan fingerprint density at radius 2 is 1.25 bits per heavy atom. The van der Waals surface area contributed by atoms with E-state index < -0.39 is 0 Å². The summed E-state index contributed by atoms with van der Waals surface area (Å²) in [5, 5.41) is 36.4. The number of azo groups is 1. The summed E-state index contributed by atoms with van der Waals surface area (Å²) in [6.45, 7) is 2.85. The molecule has 0 radical (unpaired) electrons. The molecular formula is C17H30CrN2O4. The number of hydrogen-bond acceptors (Lipinski definition) is 6. The molecule has 6 nitrogen and oxygen atoms in total. The number of aliphatic hydroxyl groups is 3. The minimum absolute atomic E-state index is 0. The standard InChI is InChI=1S/C12H22N2O2.C5H8O2.Cr/c15-11-7-3-1-5-9(11)13-14-10-6-2-4-8-12(10)16;1-4(6)3-5(2)7;/h9-12,15-16H,1-8H2;3,6H,1-2H3;/b;4-3-;. The molecule has 0 saturated heterocycles. The molecule has 0 spiro atoms. The van der Waals surface area contributed by atoms with E-state index in [4.69, 9.17) is 5.11 Å². The number of hydrogen-bond donors (Lipinski definition) is 3. The summed E-state index contributed by atoms with van der Waals surface area (Å²) in [6.07, 6.45) is 8.55. The third kappa shape index (κ3) is 9.53. The monoisotopic (exact) mass is 378 g/mol. The number of aliphatic hydroxyl groups excluding tert-OH is 3. The van der Waals surface area contributed by atoms with E-state index in [1.165, 1.54) is 19.9 Å². The molecule has 0 bridgehead atoms. The number of rotatable bonds is 3. The predicted octanol–water partition coefficient (Wildman–Crippen LogP) is 3.08. The Morgan fingerprint density at radius 1 is 0.875 bits per heavy atom.